The van der Waals surface area contributed by atoms with Crippen molar-refractivity contribution >= 4 is 0 Å². The Morgan fingerprint density at radius 3 is 2.33 bits per heavy atom. The average molecular weight is 170 g/mol. The van der Waals surface area contributed by atoms with Crippen LogP contribution in [0.1, 0.15) is 19.8 Å². The highest BCUT2D eigenvalue weighted by Crippen LogP contribution is 2.29. The minimum Gasteiger partial charge on any atom is -0.378 e. The molecule has 1 aliphatic heterocycles. The molecule has 0 aromatic rings. The predicted octanol–water partition coefficient (Wildman–Crippen LogP) is 1.57. The Hall–Kier alpha value is -0.0800. The molecule has 0 amide bonds. The summed E-state index contributed by atoms with van der Waals surface area (Å²) in [5.74, 6) is 0.624. The largest absolute Gasteiger partial charge is 0.378 e. The van der Waals surface area contributed by atoms with Crippen LogP contribution in [0.25, 0.3) is 0 Å². The van der Waals surface area contributed by atoms with Gasteiger partial charge >= 0.3 is 0 Å². The highest BCUT2D eigenvalue weighted by Gasteiger charge is 2.31. The SMILES string of the molecule is [CH2]C(C)(OC)C1CCN(C)CC1. The van der Waals surface area contributed by atoms with Crippen LogP contribution in [0, 0.1) is 12.8 Å². The van der Waals surface area contributed by atoms with Crippen molar-refractivity contribution in [1.82, 2.24) is 4.90 Å². The van der Waals surface area contributed by atoms with E-state index in [1.165, 1.54) is 25.9 Å². The Morgan fingerprint density at radius 1 is 1.42 bits per heavy atom. The van der Waals surface area contributed by atoms with E-state index in [1.807, 2.05) is 0 Å². The van der Waals surface area contributed by atoms with Gasteiger partial charge in [-0.15, -0.1) is 0 Å². The van der Waals surface area contributed by atoms with Crippen LogP contribution in [0.5, 0.6) is 0 Å². The number of hydrogen-bond acceptors (Lipinski definition) is 2. The van der Waals surface area contributed by atoms with E-state index in [2.05, 4.69) is 25.8 Å². The molecule has 1 aliphatic rings. The summed E-state index contributed by atoms with van der Waals surface area (Å²) >= 11 is 0. The molecule has 0 N–H and O–H groups in total. The van der Waals surface area contributed by atoms with Gasteiger partial charge in [0.25, 0.3) is 0 Å². The molecule has 12 heavy (non-hydrogen) atoms. The maximum absolute atomic E-state index is 5.38. The fraction of sp³-hybridized carbons (Fsp3) is 0.900. The van der Waals surface area contributed by atoms with E-state index in [9.17, 15) is 0 Å². The Morgan fingerprint density at radius 2 is 1.92 bits per heavy atom. The average Bonchev–Trinajstić information content (AvgIpc) is 2.05. The van der Waals surface area contributed by atoms with E-state index in [4.69, 9.17) is 4.74 Å². The fourth-order valence-electron chi connectivity index (χ4n) is 1.79. The summed E-state index contributed by atoms with van der Waals surface area (Å²) < 4.78 is 5.38. The Balaban J connectivity index is 2.44. The molecule has 0 bridgehead atoms. The van der Waals surface area contributed by atoms with Crippen LogP contribution in [0.2, 0.25) is 0 Å². The maximum Gasteiger partial charge on any atom is 0.0680 e. The topological polar surface area (TPSA) is 12.5 Å². The number of likely N-dealkylation sites (tertiary alicyclic amines) is 1. The fourth-order valence-corrected chi connectivity index (χ4v) is 1.79. The lowest BCUT2D eigenvalue weighted by atomic mass is 9.83. The van der Waals surface area contributed by atoms with E-state index in [1.54, 1.807) is 7.11 Å². The third-order valence-electron chi connectivity index (χ3n) is 3.05. The molecular formula is C10H20NO. The van der Waals surface area contributed by atoms with Gasteiger partial charge in [0.2, 0.25) is 0 Å². The molecule has 1 heterocycles. The van der Waals surface area contributed by atoms with Gasteiger partial charge in [0.05, 0.1) is 5.60 Å². The first-order chi connectivity index (χ1) is 5.56. The second kappa shape index (κ2) is 3.75. The molecular weight excluding hydrogens is 150 g/mol. The van der Waals surface area contributed by atoms with Gasteiger partial charge in [0.1, 0.15) is 0 Å². The number of rotatable bonds is 2. The molecule has 1 rings (SSSR count). The predicted molar refractivity (Wildman–Crippen MR) is 51.0 cm³/mol. The smallest absolute Gasteiger partial charge is 0.0680 e. The molecule has 71 valence electrons. The first-order valence-electron chi connectivity index (χ1n) is 4.65. The lowest BCUT2D eigenvalue weighted by Gasteiger charge is -2.38. The van der Waals surface area contributed by atoms with Crippen LogP contribution < -0.4 is 0 Å². The van der Waals surface area contributed by atoms with E-state index < -0.39 is 0 Å². The van der Waals surface area contributed by atoms with E-state index >= 15 is 0 Å². The van der Waals surface area contributed by atoms with Crippen LogP contribution in [-0.2, 0) is 4.74 Å². The van der Waals surface area contributed by atoms with Crippen LogP contribution in [0.4, 0.5) is 0 Å². The quantitative estimate of drug-likeness (QED) is 0.623. The van der Waals surface area contributed by atoms with Gasteiger partial charge in [-0.25, -0.2) is 0 Å². The minimum absolute atomic E-state index is 0.179. The summed E-state index contributed by atoms with van der Waals surface area (Å²) in [6.07, 6.45) is 2.43. The van der Waals surface area contributed by atoms with Crippen LogP contribution in [0.3, 0.4) is 0 Å². The van der Waals surface area contributed by atoms with Crippen molar-refractivity contribution in [2.24, 2.45) is 5.92 Å². The summed E-state index contributed by atoms with van der Waals surface area (Å²) in [7, 11) is 3.93. The summed E-state index contributed by atoms with van der Waals surface area (Å²) in [5.41, 5.74) is -0.179. The van der Waals surface area contributed by atoms with Crippen molar-refractivity contribution in [3.05, 3.63) is 6.92 Å². The molecule has 0 aromatic heterocycles. The zero-order valence-electron chi connectivity index (χ0n) is 8.47. The van der Waals surface area contributed by atoms with E-state index in [0.29, 0.717) is 5.92 Å². The molecule has 0 spiro atoms. The summed E-state index contributed by atoms with van der Waals surface area (Å²) in [4.78, 5) is 2.36. The zero-order valence-corrected chi connectivity index (χ0v) is 8.47. The second-order valence-corrected chi connectivity index (χ2v) is 4.09. The third kappa shape index (κ3) is 2.20. The normalized spacial score (nSPS) is 23.0. The molecule has 0 aliphatic carbocycles. The molecule has 1 saturated heterocycles. The maximum atomic E-state index is 5.38. The Bertz CT molecular complexity index is 137. The molecule has 1 unspecified atom stereocenters. The van der Waals surface area contributed by atoms with Gasteiger partial charge in [-0.1, -0.05) is 0 Å². The summed E-state index contributed by atoms with van der Waals surface area (Å²) in [5, 5.41) is 0. The molecule has 2 heteroatoms. The molecule has 1 radical (unpaired) electrons. The van der Waals surface area contributed by atoms with Crippen LogP contribution in [0.15, 0.2) is 0 Å². The van der Waals surface area contributed by atoms with Crippen molar-refractivity contribution in [3.63, 3.8) is 0 Å². The standard InChI is InChI=1S/C10H20NO/c1-10(2,12-4)9-5-7-11(3)8-6-9/h9H,1,5-8H2,2-4H3. The lowest BCUT2D eigenvalue weighted by molar-refractivity contribution is -0.0259. The van der Waals surface area contributed by atoms with Crippen molar-refractivity contribution in [3.8, 4) is 0 Å². The Labute approximate surface area is 75.9 Å². The van der Waals surface area contributed by atoms with Gasteiger partial charge in [0, 0.05) is 7.11 Å². The first kappa shape index (κ1) is 10.0. The first-order valence-corrected chi connectivity index (χ1v) is 4.65. The van der Waals surface area contributed by atoms with Gasteiger partial charge in [-0.2, -0.15) is 0 Å². The molecule has 0 saturated carbocycles. The monoisotopic (exact) mass is 170 g/mol. The van der Waals surface area contributed by atoms with E-state index in [-0.39, 0.29) is 5.60 Å². The van der Waals surface area contributed by atoms with E-state index in [0.717, 1.165) is 0 Å². The molecule has 1 fully saturated rings. The third-order valence-corrected chi connectivity index (χ3v) is 3.05. The number of hydrogen-bond donors (Lipinski definition) is 0. The van der Waals surface area contributed by atoms with Crippen LogP contribution in [-0.4, -0.2) is 37.7 Å². The highest BCUT2D eigenvalue weighted by atomic mass is 16.5. The van der Waals surface area contributed by atoms with Gasteiger partial charge in [-0.05, 0) is 52.7 Å². The van der Waals surface area contributed by atoms with Crippen LogP contribution >= 0.6 is 0 Å². The van der Waals surface area contributed by atoms with Crippen molar-refractivity contribution in [2.75, 3.05) is 27.2 Å². The number of nitrogens with zero attached hydrogens (tertiary/aromatic N) is 1. The van der Waals surface area contributed by atoms with Crippen molar-refractivity contribution < 1.29 is 4.74 Å². The molecule has 0 aromatic carbocycles. The number of ether oxygens (including phenoxy) is 1. The van der Waals surface area contributed by atoms with Gasteiger partial charge < -0.3 is 9.64 Å². The number of methoxy groups -OCH3 is 1. The zero-order chi connectivity index (χ0) is 9.19. The van der Waals surface area contributed by atoms with Gasteiger partial charge in [-0.3, -0.25) is 0 Å². The summed E-state index contributed by atoms with van der Waals surface area (Å²) in [6.45, 7) is 8.54. The second-order valence-electron chi connectivity index (χ2n) is 4.09. The summed E-state index contributed by atoms with van der Waals surface area (Å²) in [6, 6.07) is 0. The molecule has 1 atom stereocenters. The highest BCUT2D eigenvalue weighted by molar-refractivity contribution is 4.89. The van der Waals surface area contributed by atoms with Crippen molar-refractivity contribution in [1.29, 1.82) is 0 Å². The lowest BCUT2D eigenvalue weighted by Crippen LogP contribution is -2.41. The molecule has 2 nitrogen and oxygen atoms in total. The van der Waals surface area contributed by atoms with Gasteiger partial charge in [0.15, 0.2) is 0 Å². The van der Waals surface area contributed by atoms with Crippen molar-refractivity contribution in [2.45, 2.75) is 25.4 Å². The number of piperidine rings is 1. The minimum atomic E-state index is -0.179. The Kier molecular flexibility index (Phi) is 3.13.